The van der Waals surface area contributed by atoms with Gasteiger partial charge in [0.25, 0.3) is 0 Å². The van der Waals surface area contributed by atoms with Crippen molar-refractivity contribution in [2.45, 2.75) is 38.3 Å². The van der Waals surface area contributed by atoms with Gasteiger partial charge in [-0.3, -0.25) is 4.90 Å². The second-order valence-electron chi connectivity index (χ2n) is 5.26. The summed E-state index contributed by atoms with van der Waals surface area (Å²) in [6.45, 7) is 7.69. The van der Waals surface area contributed by atoms with E-state index >= 15 is 0 Å². The van der Waals surface area contributed by atoms with Gasteiger partial charge in [0.1, 0.15) is 0 Å². The van der Waals surface area contributed by atoms with Crippen LogP contribution in [0, 0.1) is 0 Å². The molecule has 3 nitrogen and oxygen atoms in total. The third-order valence-corrected chi connectivity index (χ3v) is 5.90. The van der Waals surface area contributed by atoms with E-state index in [4.69, 9.17) is 4.74 Å². The Morgan fingerprint density at radius 1 is 1.53 bits per heavy atom. The summed E-state index contributed by atoms with van der Waals surface area (Å²) in [6, 6.07) is 2.10. The zero-order chi connectivity index (χ0) is 13.9. The van der Waals surface area contributed by atoms with E-state index in [1.165, 1.54) is 4.88 Å². The Kier molecular flexibility index (Phi) is 5.43. The molecule has 2 atom stereocenters. The van der Waals surface area contributed by atoms with Gasteiger partial charge in [-0.25, -0.2) is 0 Å². The van der Waals surface area contributed by atoms with Gasteiger partial charge >= 0.3 is 0 Å². The minimum atomic E-state index is -0.346. The van der Waals surface area contributed by atoms with Gasteiger partial charge in [0.2, 0.25) is 0 Å². The molecule has 2 rings (SSSR count). The first-order valence-electron chi connectivity index (χ1n) is 6.80. The summed E-state index contributed by atoms with van der Waals surface area (Å²) in [6.07, 6.45) is 1.32. The lowest BCUT2D eigenvalue weighted by atomic mass is 9.86. The molecule has 2 heterocycles. The molecule has 0 aliphatic carbocycles. The fourth-order valence-corrected chi connectivity index (χ4v) is 4.10. The van der Waals surface area contributed by atoms with Gasteiger partial charge in [-0.2, -0.15) is 0 Å². The fourth-order valence-electron chi connectivity index (χ4n) is 2.62. The van der Waals surface area contributed by atoms with Crippen LogP contribution in [0.4, 0.5) is 0 Å². The maximum atomic E-state index is 10.7. The van der Waals surface area contributed by atoms with Crippen molar-refractivity contribution in [3.63, 3.8) is 0 Å². The Labute approximate surface area is 127 Å². The van der Waals surface area contributed by atoms with Crippen LogP contribution in [0.3, 0.4) is 0 Å². The van der Waals surface area contributed by atoms with Crippen LogP contribution in [-0.2, 0) is 11.2 Å². The number of rotatable bonds is 5. The molecule has 0 radical (unpaired) electrons. The summed E-state index contributed by atoms with van der Waals surface area (Å²) in [5.41, 5.74) is -0.166. The maximum absolute atomic E-state index is 10.7. The van der Waals surface area contributed by atoms with E-state index in [0.29, 0.717) is 0 Å². The summed E-state index contributed by atoms with van der Waals surface area (Å²) < 4.78 is 6.51. The first kappa shape index (κ1) is 15.4. The first-order valence-corrected chi connectivity index (χ1v) is 8.47. The van der Waals surface area contributed by atoms with Gasteiger partial charge in [-0.1, -0.05) is 6.92 Å². The molecule has 1 aliphatic rings. The van der Waals surface area contributed by atoms with Gasteiger partial charge in [-0.05, 0) is 35.3 Å². The average Bonchev–Trinajstić information content (AvgIpc) is 2.84. The number of thiophene rings is 1. The Hall–Kier alpha value is 0.0600. The monoisotopic (exact) mass is 347 g/mol. The number of aliphatic hydroxyl groups excluding tert-OH is 1. The SMILES string of the molecule is CCC(C)(C(O)Cc1cc(Br)cs1)N1CCOCC1. The van der Waals surface area contributed by atoms with Crippen molar-refractivity contribution in [2.75, 3.05) is 26.3 Å². The molecule has 1 aliphatic heterocycles. The standard InChI is InChI=1S/C14H22BrNO2S/c1-3-14(2,16-4-6-18-7-5-16)13(17)9-12-8-11(15)10-19-12/h8,10,13,17H,3-7,9H2,1-2H3. The van der Waals surface area contributed by atoms with E-state index in [9.17, 15) is 5.11 Å². The number of nitrogens with zero attached hydrogens (tertiary/aromatic N) is 1. The highest BCUT2D eigenvalue weighted by molar-refractivity contribution is 9.10. The molecule has 1 saturated heterocycles. The topological polar surface area (TPSA) is 32.7 Å². The third-order valence-electron chi connectivity index (χ3n) is 4.18. The molecule has 0 bridgehead atoms. The molecule has 0 aromatic carbocycles. The van der Waals surface area contributed by atoms with Crippen molar-refractivity contribution in [3.8, 4) is 0 Å². The molecule has 1 N–H and O–H groups in total. The normalized spacial score (nSPS) is 22.1. The molecule has 0 amide bonds. The molecule has 1 aromatic rings. The number of aliphatic hydroxyl groups is 1. The average molecular weight is 348 g/mol. The van der Waals surface area contributed by atoms with Crippen LogP contribution in [0.15, 0.2) is 15.9 Å². The van der Waals surface area contributed by atoms with Crippen molar-refractivity contribution in [2.24, 2.45) is 0 Å². The van der Waals surface area contributed by atoms with Crippen LogP contribution in [0.25, 0.3) is 0 Å². The second kappa shape index (κ2) is 6.68. The second-order valence-corrected chi connectivity index (χ2v) is 7.17. The molecule has 0 spiro atoms. The molecule has 0 saturated carbocycles. The Morgan fingerprint density at radius 3 is 2.74 bits per heavy atom. The molecular formula is C14H22BrNO2S. The van der Waals surface area contributed by atoms with E-state index in [2.05, 4.69) is 46.1 Å². The van der Waals surface area contributed by atoms with Crippen LogP contribution in [0.1, 0.15) is 25.1 Å². The Balaban J connectivity index is 2.06. The van der Waals surface area contributed by atoms with Crippen molar-refractivity contribution in [1.82, 2.24) is 4.90 Å². The number of hydrogen-bond acceptors (Lipinski definition) is 4. The van der Waals surface area contributed by atoms with Crippen molar-refractivity contribution in [3.05, 3.63) is 20.8 Å². The Bertz CT molecular complexity index is 406. The molecule has 5 heteroatoms. The van der Waals surface area contributed by atoms with E-state index in [1.807, 2.05) is 0 Å². The van der Waals surface area contributed by atoms with Crippen LogP contribution < -0.4 is 0 Å². The van der Waals surface area contributed by atoms with Crippen LogP contribution in [0.2, 0.25) is 0 Å². The summed E-state index contributed by atoms with van der Waals surface area (Å²) >= 11 is 5.17. The largest absolute Gasteiger partial charge is 0.391 e. The molecule has 108 valence electrons. The minimum absolute atomic E-state index is 0.166. The van der Waals surface area contributed by atoms with Crippen molar-refractivity contribution in [1.29, 1.82) is 0 Å². The van der Waals surface area contributed by atoms with Gasteiger partial charge in [0.15, 0.2) is 0 Å². The number of ether oxygens (including phenoxy) is 1. The van der Waals surface area contributed by atoms with Gasteiger partial charge < -0.3 is 9.84 Å². The quantitative estimate of drug-likeness (QED) is 0.888. The zero-order valence-corrected chi connectivity index (χ0v) is 14.0. The third kappa shape index (κ3) is 3.58. The van der Waals surface area contributed by atoms with Gasteiger partial charge in [0.05, 0.1) is 19.3 Å². The predicted octanol–water partition coefficient (Wildman–Crippen LogP) is 2.91. The van der Waals surface area contributed by atoms with Crippen molar-refractivity contribution >= 4 is 27.3 Å². The smallest absolute Gasteiger partial charge is 0.0769 e. The summed E-state index contributed by atoms with van der Waals surface area (Å²) in [5, 5.41) is 12.8. The maximum Gasteiger partial charge on any atom is 0.0769 e. The van der Waals surface area contributed by atoms with E-state index in [0.717, 1.165) is 43.6 Å². The predicted molar refractivity (Wildman–Crippen MR) is 82.8 cm³/mol. The van der Waals surface area contributed by atoms with Crippen LogP contribution >= 0.6 is 27.3 Å². The van der Waals surface area contributed by atoms with Crippen LogP contribution in [0.5, 0.6) is 0 Å². The fraction of sp³-hybridized carbons (Fsp3) is 0.714. The van der Waals surface area contributed by atoms with Gasteiger partial charge in [0, 0.05) is 39.8 Å². The van der Waals surface area contributed by atoms with Crippen LogP contribution in [-0.4, -0.2) is 48.0 Å². The van der Waals surface area contributed by atoms with E-state index in [-0.39, 0.29) is 11.6 Å². The molecule has 19 heavy (non-hydrogen) atoms. The number of halogens is 1. The highest BCUT2D eigenvalue weighted by atomic mass is 79.9. The lowest BCUT2D eigenvalue weighted by Gasteiger charge is -2.45. The lowest BCUT2D eigenvalue weighted by molar-refractivity contribution is -0.0712. The lowest BCUT2D eigenvalue weighted by Crippen LogP contribution is -2.58. The molecule has 1 aromatic heterocycles. The number of morpholine rings is 1. The summed E-state index contributed by atoms with van der Waals surface area (Å²) in [4.78, 5) is 3.61. The highest BCUT2D eigenvalue weighted by Crippen LogP contribution is 2.29. The Morgan fingerprint density at radius 2 is 2.21 bits per heavy atom. The number of hydrogen-bond donors (Lipinski definition) is 1. The summed E-state index contributed by atoms with van der Waals surface area (Å²) in [5.74, 6) is 0. The zero-order valence-electron chi connectivity index (χ0n) is 11.6. The van der Waals surface area contributed by atoms with Crippen molar-refractivity contribution < 1.29 is 9.84 Å². The highest BCUT2D eigenvalue weighted by Gasteiger charge is 2.38. The first-order chi connectivity index (χ1) is 9.06. The molecule has 1 fully saturated rings. The van der Waals surface area contributed by atoms with Gasteiger partial charge in [-0.15, -0.1) is 11.3 Å². The van der Waals surface area contributed by atoms with E-state index in [1.54, 1.807) is 11.3 Å². The summed E-state index contributed by atoms with van der Waals surface area (Å²) in [7, 11) is 0. The minimum Gasteiger partial charge on any atom is -0.391 e. The molecular weight excluding hydrogens is 326 g/mol. The molecule has 2 unspecified atom stereocenters. The van der Waals surface area contributed by atoms with E-state index < -0.39 is 0 Å².